The first-order valence-electron chi connectivity index (χ1n) is 12.6. The predicted octanol–water partition coefficient (Wildman–Crippen LogP) is 2.61. The molecule has 0 bridgehead atoms. The lowest BCUT2D eigenvalue weighted by molar-refractivity contribution is -0.152. The standard InChI is InChI=1S/C26H31FN8O4/c1-26(2,23(36)37)39-17-6-7-20(18(27)15-17)34-12-10-33(11-13-34)9-8-32(3)25-29-22-16-19(21-5-4-14-38-21)31-35(22)24(28)30-25/h4-7,14-16H,8-13H2,1-3H3,(H,36,37)(H2,28,29,30). The van der Waals surface area contributed by atoms with Crippen LogP contribution in [-0.2, 0) is 4.79 Å². The molecule has 1 fully saturated rings. The number of carboxylic acids is 1. The van der Waals surface area contributed by atoms with Crippen LogP contribution in [0.1, 0.15) is 13.8 Å². The van der Waals surface area contributed by atoms with Crippen LogP contribution in [0.15, 0.2) is 47.1 Å². The number of fused-ring (bicyclic) bond motifs is 1. The topological polar surface area (TPSA) is 138 Å². The molecule has 1 aliphatic rings. The SMILES string of the molecule is CN(CCN1CCN(c2ccc(OC(C)(C)C(=O)O)cc2F)CC1)c1nc(N)n2nc(-c3ccco3)cc2n1. The Morgan fingerprint density at radius 1 is 1.21 bits per heavy atom. The van der Waals surface area contributed by atoms with E-state index in [0.29, 0.717) is 48.4 Å². The average molecular weight is 539 g/mol. The van der Waals surface area contributed by atoms with Gasteiger partial charge in [-0.25, -0.2) is 9.18 Å². The molecule has 5 rings (SSSR count). The van der Waals surface area contributed by atoms with Gasteiger partial charge in [-0.05, 0) is 38.1 Å². The smallest absolute Gasteiger partial charge is 0.347 e. The third-order valence-electron chi connectivity index (χ3n) is 6.72. The van der Waals surface area contributed by atoms with Crippen LogP contribution in [0.3, 0.4) is 0 Å². The number of ether oxygens (including phenoxy) is 1. The zero-order chi connectivity index (χ0) is 27.7. The van der Waals surface area contributed by atoms with Gasteiger partial charge in [0, 0.05) is 58.4 Å². The summed E-state index contributed by atoms with van der Waals surface area (Å²) in [6.07, 6.45) is 1.58. The first-order valence-corrected chi connectivity index (χ1v) is 12.6. The number of aromatic nitrogens is 4. The molecule has 12 nitrogen and oxygen atoms in total. The van der Waals surface area contributed by atoms with Crippen LogP contribution in [0.2, 0.25) is 0 Å². The number of carboxylic acid groups (broad SMARTS) is 1. The van der Waals surface area contributed by atoms with Gasteiger partial charge in [0.2, 0.25) is 11.9 Å². The molecule has 3 N–H and O–H groups in total. The average Bonchev–Trinajstić information content (AvgIpc) is 3.58. The van der Waals surface area contributed by atoms with Crippen LogP contribution >= 0.6 is 0 Å². The van der Waals surface area contributed by atoms with E-state index in [9.17, 15) is 14.3 Å². The van der Waals surface area contributed by atoms with Gasteiger partial charge in [0.1, 0.15) is 17.3 Å². The zero-order valence-electron chi connectivity index (χ0n) is 22.0. The second-order valence-electron chi connectivity index (χ2n) is 9.94. The van der Waals surface area contributed by atoms with Gasteiger partial charge in [-0.3, -0.25) is 4.90 Å². The van der Waals surface area contributed by atoms with Gasteiger partial charge in [0.05, 0.1) is 12.0 Å². The molecule has 3 aromatic heterocycles. The monoisotopic (exact) mass is 538 g/mol. The minimum Gasteiger partial charge on any atom is -0.478 e. The van der Waals surface area contributed by atoms with E-state index in [1.54, 1.807) is 30.5 Å². The Morgan fingerprint density at radius 2 is 1.97 bits per heavy atom. The molecule has 13 heteroatoms. The number of furan rings is 1. The maximum atomic E-state index is 14.8. The Hall–Kier alpha value is -4.39. The third kappa shape index (κ3) is 5.58. The fourth-order valence-electron chi connectivity index (χ4n) is 4.36. The van der Waals surface area contributed by atoms with E-state index in [1.165, 1.54) is 24.4 Å². The highest BCUT2D eigenvalue weighted by atomic mass is 19.1. The predicted molar refractivity (Wildman–Crippen MR) is 144 cm³/mol. The molecule has 1 aromatic carbocycles. The number of likely N-dealkylation sites (N-methyl/N-ethyl adjacent to an activating group) is 1. The number of anilines is 3. The number of nitrogens with zero attached hydrogens (tertiary/aromatic N) is 7. The Bertz CT molecular complexity index is 1460. The van der Waals surface area contributed by atoms with Crippen LogP contribution in [0.5, 0.6) is 5.75 Å². The number of piperazine rings is 1. The number of nitrogens with two attached hydrogens (primary N) is 1. The number of carbonyl (C=O) groups is 1. The number of hydrogen-bond donors (Lipinski definition) is 2. The highest BCUT2D eigenvalue weighted by molar-refractivity contribution is 5.76. The highest BCUT2D eigenvalue weighted by Gasteiger charge is 2.30. The lowest BCUT2D eigenvalue weighted by Gasteiger charge is -2.37. The van der Waals surface area contributed by atoms with Gasteiger partial charge in [0.25, 0.3) is 0 Å². The van der Waals surface area contributed by atoms with E-state index in [-0.39, 0.29) is 11.7 Å². The molecule has 0 saturated carbocycles. The van der Waals surface area contributed by atoms with Crippen molar-refractivity contribution >= 4 is 29.2 Å². The second-order valence-corrected chi connectivity index (χ2v) is 9.94. The molecule has 0 unspecified atom stereocenters. The molecule has 0 atom stereocenters. The summed E-state index contributed by atoms with van der Waals surface area (Å²) >= 11 is 0. The van der Waals surface area contributed by atoms with E-state index in [2.05, 4.69) is 20.0 Å². The number of benzene rings is 1. The molecule has 0 amide bonds. The van der Waals surface area contributed by atoms with E-state index in [4.69, 9.17) is 14.9 Å². The van der Waals surface area contributed by atoms with Crippen LogP contribution in [0, 0.1) is 5.82 Å². The van der Waals surface area contributed by atoms with Crippen LogP contribution in [0.4, 0.5) is 22.0 Å². The summed E-state index contributed by atoms with van der Waals surface area (Å²) in [5, 5.41) is 13.7. The van der Waals surface area contributed by atoms with Gasteiger partial charge in [0.15, 0.2) is 17.0 Å². The molecule has 206 valence electrons. The molecule has 0 spiro atoms. The molecule has 39 heavy (non-hydrogen) atoms. The Kier molecular flexibility index (Phi) is 7.00. The number of nitrogen functional groups attached to an aromatic ring is 1. The maximum absolute atomic E-state index is 14.8. The van der Waals surface area contributed by atoms with Gasteiger partial charge in [-0.15, -0.1) is 0 Å². The van der Waals surface area contributed by atoms with E-state index in [0.717, 1.165) is 19.6 Å². The molecule has 1 aliphatic heterocycles. The number of rotatable bonds is 9. The molecule has 4 aromatic rings. The molecule has 1 saturated heterocycles. The van der Waals surface area contributed by atoms with Crippen LogP contribution in [-0.4, -0.2) is 87.5 Å². The largest absolute Gasteiger partial charge is 0.478 e. The summed E-state index contributed by atoms with van der Waals surface area (Å²) in [6.45, 7) is 7.12. The number of hydrogen-bond acceptors (Lipinski definition) is 10. The lowest BCUT2D eigenvalue weighted by Crippen LogP contribution is -2.48. The summed E-state index contributed by atoms with van der Waals surface area (Å²) in [5.74, 6) is -0.0228. The Labute approximate surface area is 224 Å². The van der Waals surface area contributed by atoms with E-state index >= 15 is 0 Å². The van der Waals surface area contributed by atoms with Crippen molar-refractivity contribution in [3.8, 4) is 17.2 Å². The van der Waals surface area contributed by atoms with Crippen molar-refractivity contribution in [1.29, 1.82) is 0 Å². The molecule has 4 heterocycles. The maximum Gasteiger partial charge on any atom is 0.347 e. The van der Waals surface area contributed by atoms with Crippen LogP contribution < -0.4 is 20.3 Å². The van der Waals surface area contributed by atoms with Crippen molar-refractivity contribution in [2.75, 3.05) is 61.8 Å². The summed E-state index contributed by atoms with van der Waals surface area (Å²) in [4.78, 5) is 26.5. The number of aliphatic carboxylic acids is 1. The quantitative estimate of drug-likeness (QED) is 0.325. The first kappa shape index (κ1) is 26.2. The second kappa shape index (κ2) is 10.4. The molecule has 0 aliphatic carbocycles. The normalized spacial score (nSPS) is 14.6. The van der Waals surface area contributed by atoms with Crippen molar-refractivity contribution < 1.29 is 23.4 Å². The molecular formula is C26H31FN8O4. The Balaban J connectivity index is 1.16. The van der Waals surface area contributed by atoms with Crippen molar-refractivity contribution in [1.82, 2.24) is 24.5 Å². The van der Waals surface area contributed by atoms with E-state index < -0.39 is 17.4 Å². The third-order valence-corrected chi connectivity index (χ3v) is 6.72. The minimum atomic E-state index is -1.45. The summed E-state index contributed by atoms with van der Waals surface area (Å²) in [6, 6.07) is 9.89. The van der Waals surface area contributed by atoms with Crippen molar-refractivity contribution in [3.63, 3.8) is 0 Å². The van der Waals surface area contributed by atoms with Crippen molar-refractivity contribution in [2.24, 2.45) is 0 Å². The zero-order valence-corrected chi connectivity index (χ0v) is 22.0. The summed E-state index contributed by atoms with van der Waals surface area (Å²) < 4.78 is 27.2. The van der Waals surface area contributed by atoms with Gasteiger partial charge >= 0.3 is 5.97 Å². The Morgan fingerprint density at radius 3 is 2.64 bits per heavy atom. The van der Waals surface area contributed by atoms with Crippen molar-refractivity contribution in [2.45, 2.75) is 19.4 Å². The fourth-order valence-corrected chi connectivity index (χ4v) is 4.36. The molecular weight excluding hydrogens is 507 g/mol. The number of halogens is 1. The van der Waals surface area contributed by atoms with E-state index in [1.807, 2.05) is 22.9 Å². The summed E-state index contributed by atoms with van der Waals surface area (Å²) in [5.41, 5.74) is 6.38. The van der Waals surface area contributed by atoms with Crippen LogP contribution in [0.25, 0.3) is 17.1 Å². The van der Waals surface area contributed by atoms with Gasteiger partial charge in [-0.1, -0.05) is 0 Å². The van der Waals surface area contributed by atoms with Gasteiger partial charge < -0.3 is 29.8 Å². The van der Waals surface area contributed by atoms with Gasteiger partial charge in [-0.2, -0.15) is 19.6 Å². The molecule has 0 radical (unpaired) electrons. The summed E-state index contributed by atoms with van der Waals surface area (Å²) in [7, 11) is 1.91. The first-order chi connectivity index (χ1) is 18.6. The minimum absolute atomic E-state index is 0.180. The van der Waals surface area contributed by atoms with Crippen molar-refractivity contribution in [3.05, 3.63) is 48.5 Å². The fraction of sp³-hybridized carbons (Fsp3) is 0.385. The lowest BCUT2D eigenvalue weighted by atomic mass is 10.1. The highest BCUT2D eigenvalue weighted by Crippen LogP contribution is 2.28.